The maximum atomic E-state index is 12.8. The number of rotatable bonds is 8. The van der Waals surface area contributed by atoms with Gasteiger partial charge in [0.05, 0.1) is 12.7 Å². The molecule has 2 aromatic carbocycles. The molecule has 0 saturated carbocycles. The molecule has 4 nitrogen and oxygen atoms in total. The molecule has 0 saturated heterocycles. The molecule has 0 fully saturated rings. The fraction of sp³-hybridized carbons (Fsp3) is 0.333. The van der Waals surface area contributed by atoms with E-state index in [1.165, 1.54) is 7.11 Å². The highest BCUT2D eigenvalue weighted by Crippen LogP contribution is 2.29. The number of hydrogen-bond donors (Lipinski definition) is 1. The van der Waals surface area contributed by atoms with Gasteiger partial charge in [-0.25, -0.2) is 0 Å². The van der Waals surface area contributed by atoms with Crippen LogP contribution in [0.5, 0.6) is 5.75 Å². The van der Waals surface area contributed by atoms with Crippen LogP contribution < -0.4 is 4.74 Å². The number of Topliss-reactive ketones (excluding diaryl/α,β-unsaturated/α-hetero) is 2. The van der Waals surface area contributed by atoms with Gasteiger partial charge in [-0.15, -0.1) is 0 Å². The van der Waals surface area contributed by atoms with Crippen LogP contribution in [0.4, 0.5) is 0 Å². The average molecular weight is 340 g/mol. The first-order chi connectivity index (χ1) is 12.0. The van der Waals surface area contributed by atoms with Crippen LogP contribution in [-0.2, 0) is 4.79 Å². The Labute approximate surface area is 148 Å². The lowest BCUT2D eigenvalue weighted by Crippen LogP contribution is -2.31. The van der Waals surface area contributed by atoms with Crippen LogP contribution in [0.2, 0.25) is 0 Å². The van der Waals surface area contributed by atoms with Crippen molar-refractivity contribution in [2.24, 2.45) is 5.92 Å². The van der Waals surface area contributed by atoms with E-state index < -0.39 is 17.8 Å². The van der Waals surface area contributed by atoms with Crippen molar-refractivity contribution in [3.05, 3.63) is 65.7 Å². The van der Waals surface area contributed by atoms with E-state index in [9.17, 15) is 14.7 Å². The Hall–Kier alpha value is -2.46. The summed E-state index contributed by atoms with van der Waals surface area (Å²) in [6.07, 6.45) is -1.20. The van der Waals surface area contributed by atoms with Crippen LogP contribution in [0, 0.1) is 5.92 Å². The summed E-state index contributed by atoms with van der Waals surface area (Å²) >= 11 is 0. The number of hydrogen-bond acceptors (Lipinski definition) is 4. The molecule has 0 bridgehead atoms. The first-order valence-electron chi connectivity index (χ1n) is 8.38. The van der Waals surface area contributed by atoms with Gasteiger partial charge in [-0.1, -0.05) is 56.3 Å². The second kappa shape index (κ2) is 8.58. The number of ketones is 2. The number of methoxy groups -OCH3 is 1. The normalized spacial score (nSPS) is 13.3. The Morgan fingerprint density at radius 3 is 2.20 bits per heavy atom. The zero-order valence-corrected chi connectivity index (χ0v) is 14.8. The molecule has 2 atom stereocenters. The van der Waals surface area contributed by atoms with Gasteiger partial charge < -0.3 is 9.84 Å². The first kappa shape index (κ1) is 18.9. The van der Waals surface area contributed by atoms with Crippen LogP contribution in [0.3, 0.4) is 0 Å². The fourth-order valence-corrected chi connectivity index (χ4v) is 2.75. The molecule has 1 N–H and O–H groups in total. The Balaban J connectivity index is 2.36. The largest absolute Gasteiger partial charge is 0.496 e. The number of aliphatic hydroxyl groups is 1. The minimum absolute atomic E-state index is 0.0146. The van der Waals surface area contributed by atoms with Crippen molar-refractivity contribution >= 4 is 11.6 Å². The lowest BCUT2D eigenvalue weighted by molar-refractivity contribution is -0.122. The van der Waals surface area contributed by atoms with Gasteiger partial charge in [0.25, 0.3) is 0 Å². The van der Waals surface area contributed by atoms with Gasteiger partial charge in [0.15, 0.2) is 5.78 Å². The quantitative estimate of drug-likeness (QED) is 0.745. The summed E-state index contributed by atoms with van der Waals surface area (Å²) in [5.41, 5.74) is 1.09. The number of carbonyl (C=O) groups excluding carboxylic acids is 2. The molecule has 0 aliphatic rings. The number of carbonyl (C=O) groups is 2. The molecular formula is C21H24O4. The SMILES string of the molecule is COc1ccccc1C(=O)[C@H](O)[C@H](CC(=O)C(C)C)c1ccccc1. The van der Waals surface area contributed by atoms with E-state index in [2.05, 4.69) is 0 Å². The fourth-order valence-electron chi connectivity index (χ4n) is 2.75. The summed E-state index contributed by atoms with van der Waals surface area (Å²) in [6.45, 7) is 3.64. The van der Waals surface area contributed by atoms with Crippen LogP contribution in [0.25, 0.3) is 0 Å². The molecule has 0 aliphatic carbocycles. The first-order valence-corrected chi connectivity index (χ1v) is 8.38. The molecule has 0 radical (unpaired) electrons. The van der Waals surface area contributed by atoms with Gasteiger partial charge in [0, 0.05) is 18.3 Å². The molecule has 0 heterocycles. The van der Waals surface area contributed by atoms with E-state index in [-0.39, 0.29) is 18.1 Å². The van der Waals surface area contributed by atoms with Crippen molar-refractivity contribution in [2.45, 2.75) is 32.3 Å². The topological polar surface area (TPSA) is 63.6 Å². The second-order valence-electron chi connectivity index (χ2n) is 6.35. The molecule has 0 aromatic heterocycles. The summed E-state index contributed by atoms with van der Waals surface area (Å²) in [7, 11) is 1.48. The monoisotopic (exact) mass is 340 g/mol. The van der Waals surface area contributed by atoms with E-state index >= 15 is 0 Å². The third kappa shape index (κ3) is 4.54. The number of aliphatic hydroxyl groups excluding tert-OH is 1. The van der Waals surface area contributed by atoms with E-state index in [4.69, 9.17) is 4.74 Å². The van der Waals surface area contributed by atoms with E-state index in [1.807, 2.05) is 44.2 Å². The zero-order valence-electron chi connectivity index (χ0n) is 14.8. The maximum Gasteiger partial charge on any atom is 0.195 e. The van der Waals surface area contributed by atoms with Gasteiger partial charge in [0.2, 0.25) is 0 Å². The van der Waals surface area contributed by atoms with E-state index in [0.717, 1.165) is 5.56 Å². The Bertz CT molecular complexity index is 722. The second-order valence-corrected chi connectivity index (χ2v) is 6.35. The number of ether oxygens (including phenoxy) is 1. The summed E-state index contributed by atoms with van der Waals surface area (Å²) < 4.78 is 5.22. The molecule has 132 valence electrons. The maximum absolute atomic E-state index is 12.8. The van der Waals surface area contributed by atoms with Crippen LogP contribution >= 0.6 is 0 Å². The smallest absolute Gasteiger partial charge is 0.195 e. The highest BCUT2D eigenvalue weighted by molar-refractivity contribution is 6.02. The van der Waals surface area contributed by atoms with E-state index in [1.54, 1.807) is 24.3 Å². The van der Waals surface area contributed by atoms with Crippen molar-refractivity contribution in [1.82, 2.24) is 0 Å². The number of benzene rings is 2. The highest BCUT2D eigenvalue weighted by atomic mass is 16.5. The molecule has 4 heteroatoms. The molecule has 2 aromatic rings. The molecule has 0 aliphatic heterocycles. The van der Waals surface area contributed by atoms with Crippen molar-refractivity contribution in [2.75, 3.05) is 7.11 Å². The highest BCUT2D eigenvalue weighted by Gasteiger charge is 2.32. The minimum Gasteiger partial charge on any atom is -0.496 e. The van der Waals surface area contributed by atoms with Crippen molar-refractivity contribution in [1.29, 1.82) is 0 Å². The third-order valence-electron chi connectivity index (χ3n) is 4.31. The van der Waals surface area contributed by atoms with Gasteiger partial charge in [-0.05, 0) is 17.7 Å². The molecule has 0 unspecified atom stereocenters. The Morgan fingerprint density at radius 1 is 1.00 bits per heavy atom. The number of para-hydroxylation sites is 1. The van der Waals surface area contributed by atoms with Crippen molar-refractivity contribution in [3.8, 4) is 5.75 Å². The third-order valence-corrected chi connectivity index (χ3v) is 4.31. The minimum atomic E-state index is -1.32. The summed E-state index contributed by atoms with van der Waals surface area (Å²) in [4.78, 5) is 25.1. The van der Waals surface area contributed by atoms with E-state index in [0.29, 0.717) is 11.3 Å². The average Bonchev–Trinajstić information content (AvgIpc) is 2.65. The molecule has 0 amide bonds. The standard InChI is InChI=1S/C21H24O4/c1-14(2)18(22)13-17(15-9-5-4-6-10-15)21(24)20(23)16-11-7-8-12-19(16)25-3/h4-12,14,17,21,24H,13H2,1-3H3/t17-,21-/m1/s1. The van der Waals surface area contributed by atoms with Gasteiger partial charge in [-0.2, -0.15) is 0 Å². The lowest BCUT2D eigenvalue weighted by atomic mass is 9.83. The van der Waals surface area contributed by atoms with Crippen LogP contribution in [-0.4, -0.2) is 29.9 Å². The predicted molar refractivity (Wildman–Crippen MR) is 97.0 cm³/mol. The molecule has 25 heavy (non-hydrogen) atoms. The predicted octanol–water partition coefficient (Wildman–Crippen LogP) is 3.64. The molecule has 0 spiro atoms. The Kier molecular flexibility index (Phi) is 6.48. The zero-order chi connectivity index (χ0) is 18.4. The van der Waals surface area contributed by atoms with Gasteiger partial charge in [0.1, 0.15) is 17.6 Å². The summed E-state index contributed by atoms with van der Waals surface area (Å²) in [6, 6.07) is 16.0. The molecular weight excluding hydrogens is 316 g/mol. The van der Waals surface area contributed by atoms with Crippen molar-refractivity contribution in [3.63, 3.8) is 0 Å². The lowest BCUT2D eigenvalue weighted by Gasteiger charge is -2.23. The van der Waals surface area contributed by atoms with Crippen LogP contribution in [0.15, 0.2) is 54.6 Å². The Morgan fingerprint density at radius 2 is 1.60 bits per heavy atom. The van der Waals surface area contributed by atoms with Gasteiger partial charge >= 0.3 is 0 Å². The van der Waals surface area contributed by atoms with Crippen LogP contribution in [0.1, 0.15) is 42.1 Å². The van der Waals surface area contributed by atoms with Gasteiger partial charge in [-0.3, -0.25) is 9.59 Å². The van der Waals surface area contributed by atoms with Crippen molar-refractivity contribution < 1.29 is 19.4 Å². The summed E-state index contributed by atoms with van der Waals surface area (Å²) in [5, 5.41) is 10.8. The molecule has 2 rings (SSSR count). The summed E-state index contributed by atoms with van der Waals surface area (Å²) in [5.74, 6) is -0.759.